The van der Waals surface area contributed by atoms with E-state index >= 15 is 0 Å². The molecule has 3 heteroatoms. The van der Waals surface area contributed by atoms with Crippen molar-refractivity contribution in [2.75, 3.05) is 20.2 Å². The van der Waals surface area contributed by atoms with Crippen molar-refractivity contribution in [2.45, 2.75) is 12.5 Å². The predicted molar refractivity (Wildman–Crippen MR) is 62.2 cm³/mol. The van der Waals surface area contributed by atoms with Crippen molar-refractivity contribution in [3.8, 4) is 0 Å². The summed E-state index contributed by atoms with van der Waals surface area (Å²) in [5, 5.41) is 3.25. The summed E-state index contributed by atoms with van der Waals surface area (Å²) in [5.74, 6) is 0.246. The van der Waals surface area contributed by atoms with Crippen LogP contribution in [0.15, 0.2) is 30.3 Å². The third-order valence-corrected chi connectivity index (χ3v) is 3.07. The molecule has 16 heavy (non-hydrogen) atoms. The molecule has 1 N–H and O–H groups in total. The first-order valence-corrected chi connectivity index (χ1v) is 5.64. The second kappa shape index (κ2) is 5.23. The van der Waals surface area contributed by atoms with E-state index in [4.69, 9.17) is 4.74 Å². The summed E-state index contributed by atoms with van der Waals surface area (Å²) in [6, 6.07) is 9.94. The van der Waals surface area contributed by atoms with E-state index in [1.54, 1.807) is 7.11 Å². The zero-order valence-corrected chi connectivity index (χ0v) is 9.48. The summed E-state index contributed by atoms with van der Waals surface area (Å²) < 4.78 is 5.49. The molecule has 0 saturated carbocycles. The van der Waals surface area contributed by atoms with Gasteiger partial charge in [-0.05, 0) is 5.56 Å². The summed E-state index contributed by atoms with van der Waals surface area (Å²) in [6.45, 7) is 1.51. The highest BCUT2D eigenvalue weighted by atomic mass is 16.5. The lowest BCUT2D eigenvalue weighted by atomic mass is 9.88. The molecule has 2 atom stereocenters. The molecule has 0 aromatic heterocycles. The minimum absolute atomic E-state index is 0.0545. The Morgan fingerprint density at radius 1 is 1.38 bits per heavy atom. The molecule has 0 bridgehead atoms. The number of benzene rings is 1. The van der Waals surface area contributed by atoms with Gasteiger partial charge < -0.3 is 10.1 Å². The molecule has 1 saturated heterocycles. The van der Waals surface area contributed by atoms with Crippen LogP contribution in [0.25, 0.3) is 0 Å². The first-order chi connectivity index (χ1) is 7.83. The Hall–Kier alpha value is -1.19. The standard InChI is InChI=1S/C13H17NO2/c1-16-13(10-5-3-2-4-6-10)11-9-14-8-7-12(11)15/h2-6,11,13-14H,7-9H2,1H3. The number of Topliss-reactive ketones (excluding diaryl/α,β-unsaturated/α-hetero) is 1. The number of hydrogen-bond donors (Lipinski definition) is 1. The monoisotopic (exact) mass is 219 g/mol. The van der Waals surface area contributed by atoms with Crippen LogP contribution in [0.5, 0.6) is 0 Å². The Bertz CT molecular complexity index is 350. The van der Waals surface area contributed by atoms with Gasteiger partial charge in [0.15, 0.2) is 0 Å². The van der Waals surface area contributed by atoms with Gasteiger partial charge in [-0.2, -0.15) is 0 Å². The summed E-state index contributed by atoms with van der Waals surface area (Å²) in [6.07, 6.45) is 0.485. The molecular formula is C13H17NO2. The maximum absolute atomic E-state index is 11.8. The summed E-state index contributed by atoms with van der Waals surface area (Å²) >= 11 is 0. The van der Waals surface area contributed by atoms with E-state index in [-0.39, 0.29) is 12.0 Å². The largest absolute Gasteiger partial charge is 0.376 e. The molecule has 1 aliphatic rings. The number of nitrogens with one attached hydrogen (secondary N) is 1. The van der Waals surface area contributed by atoms with Crippen LogP contribution in [0.2, 0.25) is 0 Å². The number of carbonyl (C=O) groups excluding carboxylic acids is 1. The number of carbonyl (C=O) groups is 1. The molecule has 0 spiro atoms. The summed E-state index contributed by atoms with van der Waals surface area (Å²) in [5.41, 5.74) is 1.08. The van der Waals surface area contributed by atoms with Gasteiger partial charge >= 0.3 is 0 Å². The molecule has 1 heterocycles. The molecule has 1 fully saturated rings. The molecule has 0 aliphatic carbocycles. The Balaban J connectivity index is 2.18. The lowest BCUT2D eigenvalue weighted by molar-refractivity contribution is -0.128. The van der Waals surface area contributed by atoms with E-state index in [1.807, 2.05) is 30.3 Å². The number of rotatable bonds is 3. The number of ketones is 1. The van der Waals surface area contributed by atoms with Gasteiger partial charge in [-0.1, -0.05) is 30.3 Å². The zero-order chi connectivity index (χ0) is 11.4. The van der Waals surface area contributed by atoms with Crippen molar-refractivity contribution in [3.05, 3.63) is 35.9 Å². The molecule has 1 aromatic carbocycles. The number of hydrogen-bond acceptors (Lipinski definition) is 3. The first-order valence-electron chi connectivity index (χ1n) is 5.64. The average Bonchev–Trinajstić information content (AvgIpc) is 2.34. The third-order valence-electron chi connectivity index (χ3n) is 3.07. The average molecular weight is 219 g/mol. The van der Waals surface area contributed by atoms with Gasteiger partial charge in [0, 0.05) is 26.6 Å². The van der Waals surface area contributed by atoms with Crippen LogP contribution < -0.4 is 5.32 Å². The van der Waals surface area contributed by atoms with E-state index in [9.17, 15) is 4.79 Å². The molecule has 2 unspecified atom stereocenters. The summed E-state index contributed by atoms with van der Waals surface area (Å²) in [4.78, 5) is 11.8. The third kappa shape index (κ3) is 2.31. The molecule has 2 rings (SSSR count). The van der Waals surface area contributed by atoms with Crippen LogP contribution in [0, 0.1) is 5.92 Å². The van der Waals surface area contributed by atoms with Crippen molar-refractivity contribution >= 4 is 5.78 Å². The highest BCUT2D eigenvalue weighted by Crippen LogP contribution is 2.27. The molecule has 86 valence electrons. The van der Waals surface area contributed by atoms with Gasteiger partial charge in [0.1, 0.15) is 5.78 Å². The molecular weight excluding hydrogens is 202 g/mol. The Labute approximate surface area is 95.8 Å². The van der Waals surface area contributed by atoms with E-state index in [1.165, 1.54) is 0 Å². The quantitative estimate of drug-likeness (QED) is 0.838. The molecule has 0 radical (unpaired) electrons. The van der Waals surface area contributed by atoms with Gasteiger partial charge in [0.2, 0.25) is 0 Å². The minimum atomic E-state index is -0.124. The Morgan fingerprint density at radius 3 is 2.75 bits per heavy atom. The van der Waals surface area contributed by atoms with Crippen LogP contribution in [0.1, 0.15) is 18.1 Å². The van der Waals surface area contributed by atoms with E-state index in [0.29, 0.717) is 18.7 Å². The Morgan fingerprint density at radius 2 is 2.12 bits per heavy atom. The Kier molecular flexibility index (Phi) is 3.70. The maximum Gasteiger partial charge on any atom is 0.141 e. The van der Waals surface area contributed by atoms with Crippen LogP contribution >= 0.6 is 0 Å². The SMILES string of the molecule is COC(c1ccccc1)C1CNCCC1=O. The van der Waals surface area contributed by atoms with Gasteiger partial charge in [0.25, 0.3) is 0 Å². The fourth-order valence-electron chi connectivity index (χ4n) is 2.22. The van der Waals surface area contributed by atoms with Crippen molar-refractivity contribution in [3.63, 3.8) is 0 Å². The van der Waals surface area contributed by atoms with Crippen molar-refractivity contribution in [1.82, 2.24) is 5.32 Å². The van der Waals surface area contributed by atoms with Crippen molar-refractivity contribution < 1.29 is 9.53 Å². The number of ether oxygens (including phenoxy) is 1. The minimum Gasteiger partial charge on any atom is -0.376 e. The van der Waals surface area contributed by atoms with Crippen LogP contribution in [-0.4, -0.2) is 26.0 Å². The van der Waals surface area contributed by atoms with Crippen LogP contribution in [0.3, 0.4) is 0 Å². The number of piperidine rings is 1. The van der Waals surface area contributed by atoms with Gasteiger partial charge in [-0.25, -0.2) is 0 Å². The predicted octanol–water partition coefficient (Wildman–Crippen LogP) is 1.55. The lowest BCUT2D eigenvalue weighted by Crippen LogP contribution is -2.40. The molecule has 1 aliphatic heterocycles. The second-order valence-corrected chi connectivity index (χ2v) is 4.09. The van der Waals surface area contributed by atoms with Crippen LogP contribution in [0.4, 0.5) is 0 Å². The topological polar surface area (TPSA) is 38.3 Å². The van der Waals surface area contributed by atoms with E-state index in [2.05, 4.69) is 5.32 Å². The molecule has 1 aromatic rings. The second-order valence-electron chi connectivity index (χ2n) is 4.09. The smallest absolute Gasteiger partial charge is 0.141 e. The van der Waals surface area contributed by atoms with Crippen molar-refractivity contribution in [1.29, 1.82) is 0 Å². The van der Waals surface area contributed by atoms with Gasteiger partial charge in [-0.3, -0.25) is 4.79 Å². The van der Waals surface area contributed by atoms with Crippen molar-refractivity contribution in [2.24, 2.45) is 5.92 Å². The maximum atomic E-state index is 11.8. The fourth-order valence-corrected chi connectivity index (χ4v) is 2.22. The molecule has 0 amide bonds. The lowest BCUT2D eigenvalue weighted by Gasteiger charge is -2.28. The van der Waals surface area contributed by atoms with E-state index < -0.39 is 0 Å². The summed E-state index contributed by atoms with van der Waals surface area (Å²) in [7, 11) is 1.67. The zero-order valence-electron chi connectivity index (χ0n) is 9.48. The molecule has 3 nitrogen and oxygen atoms in total. The van der Waals surface area contributed by atoms with E-state index in [0.717, 1.165) is 12.1 Å². The number of methoxy groups -OCH3 is 1. The highest BCUT2D eigenvalue weighted by molar-refractivity contribution is 5.83. The van der Waals surface area contributed by atoms with Crippen LogP contribution in [-0.2, 0) is 9.53 Å². The van der Waals surface area contributed by atoms with Gasteiger partial charge in [-0.15, -0.1) is 0 Å². The first kappa shape index (κ1) is 11.3. The van der Waals surface area contributed by atoms with Gasteiger partial charge in [0.05, 0.1) is 12.0 Å². The highest BCUT2D eigenvalue weighted by Gasteiger charge is 2.31. The fraction of sp³-hybridized carbons (Fsp3) is 0.462. The normalized spacial score (nSPS) is 23.1.